The summed E-state index contributed by atoms with van der Waals surface area (Å²) < 4.78 is 7.86. The second-order valence-corrected chi connectivity index (χ2v) is 5.78. The second kappa shape index (κ2) is 5.66. The summed E-state index contributed by atoms with van der Waals surface area (Å²) in [4.78, 5) is 16.0. The maximum absolute atomic E-state index is 10.7. The van der Waals surface area contributed by atoms with Gasteiger partial charge in [-0.25, -0.2) is 4.79 Å². The van der Waals surface area contributed by atoms with Crippen molar-refractivity contribution in [3.8, 4) is 5.88 Å². The van der Waals surface area contributed by atoms with Crippen LogP contribution in [0.3, 0.4) is 0 Å². The van der Waals surface area contributed by atoms with E-state index in [0.29, 0.717) is 11.6 Å². The van der Waals surface area contributed by atoms with E-state index in [4.69, 9.17) is 9.84 Å². The topological polar surface area (TPSA) is 63.8 Å². The first-order valence-corrected chi connectivity index (χ1v) is 7.65. The Labute approximate surface area is 120 Å². The Bertz CT molecular complexity index is 638. The van der Waals surface area contributed by atoms with E-state index < -0.39 is 5.97 Å². The normalized spacial score (nSPS) is 17.0. The molecular formula is C14H16N2O3S. The van der Waals surface area contributed by atoms with Crippen LogP contribution in [0.25, 0.3) is 11.0 Å². The molecule has 0 radical (unpaired) electrons. The number of aliphatic carboxylic acids is 1. The minimum absolute atomic E-state index is 0.199. The molecular weight excluding hydrogens is 276 g/mol. The third-order valence-corrected chi connectivity index (χ3v) is 4.24. The Balaban J connectivity index is 1.90. The van der Waals surface area contributed by atoms with E-state index in [-0.39, 0.29) is 6.10 Å². The minimum Gasteiger partial charge on any atom is -0.478 e. The molecule has 0 spiro atoms. The van der Waals surface area contributed by atoms with Gasteiger partial charge in [0.1, 0.15) is 11.8 Å². The lowest BCUT2D eigenvalue weighted by molar-refractivity contribution is -0.131. The first-order valence-electron chi connectivity index (χ1n) is 6.77. The van der Waals surface area contributed by atoms with Crippen LogP contribution in [0.1, 0.15) is 37.8 Å². The van der Waals surface area contributed by atoms with Gasteiger partial charge in [-0.2, -0.15) is 4.98 Å². The van der Waals surface area contributed by atoms with Gasteiger partial charge in [0.05, 0.1) is 0 Å². The molecule has 5 nitrogen and oxygen atoms in total. The van der Waals surface area contributed by atoms with Gasteiger partial charge in [-0.05, 0) is 31.8 Å². The highest BCUT2D eigenvalue weighted by Gasteiger charge is 2.19. The van der Waals surface area contributed by atoms with E-state index in [1.165, 1.54) is 30.6 Å². The first kappa shape index (κ1) is 13.2. The predicted octanol–water partition coefficient (Wildman–Crippen LogP) is 3.21. The average molecular weight is 292 g/mol. The molecule has 0 atom stereocenters. The van der Waals surface area contributed by atoms with Crippen molar-refractivity contribution in [2.24, 2.45) is 0 Å². The number of thiazole rings is 1. The molecule has 0 unspecified atom stereocenters. The van der Waals surface area contributed by atoms with Crippen molar-refractivity contribution in [1.29, 1.82) is 0 Å². The molecule has 0 bridgehead atoms. The van der Waals surface area contributed by atoms with Crippen molar-refractivity contribution in [1.82, 2.24) is 9.38 Å². The van der Waals surface area contributed by atoms with Crippen LogP contribution in [0, 0.1) is 0 Å². The molecule has 1 saturated carbocycles. The number of rotatable bonds is 4. The van der Waals surface area contributed by atoms with Crippen LogP contribution in [0.2, 0.25) is 0 Å². The molecule has 1 fully saturated rings. The van der Waals surface area contributed by atoms with Gasteiger partial charge in [0, 0.05) is 17.7 Å². The molecule has 2 aromatic heterocycles. The first-order chi connectivity index (χ1) is 9.74. The summed E-state index contributed by atoms with van der Waals surface area (Å²) in [6.45, 7) is 0. The lowest BCUT2D eigenvalue weighted by Gasteiger charge is -2.21. The Morgan fingerprint density at radius 2 is 2.25 bits per heavy atom. The number of carbonyl (C=O) groups is 1. The van der Waals surface area contributed by atoms with Crippen molar-refractivity contribution in [2.45, 2.75) is 38.2 Å². The third-order valence-electron chi connectivity index (χ3n) is 3.48. The summed E-state index contributed by atoms with van der Waals surface area (Å²) in [6, 6.07) is 0. The molecule has 0 amide bonds. The van der Waals surface area contributed by atoms with Gasteiger partial charge in [0.2, 0.25) is 5.88 Å². The Kier molecular flexibility index (Phi) is 3.73. The highest BCUT2D eigenvalue weighted by atomic mass is 32.1. The van der Waals surface area contributed by atoms with Crippen LogP contribution in [0.5, 0.6) is 5.88 Å². The number of imidazole rings is 1. The summed E-state index contributed by atoms with van der Waals surface area (Å²) in [5.74, 6) is -0.431. The van der Waals surface area contributed by atoms with Crippen molar-refractivity contribution in [2.75, 3.05) is 0 Å². The zero-order chi connectivity index (χ0) is 13.9. The zero-order valence-corrected chi connectivity index (χ0v) is 11.8. The van der Waals surface area contributed by atoms with Gasteiger partial charge in [-0.3, -0.25) is 4.40 Å². The number of carboxylic acid groups (broad SMARTS) is 1. The number of fused-ring (bicyclic) bond motifs is 1. The number of nitrogens with zero attached hydrogens (tertiary/aromatic N) is 2. The van der Waals surface area contributed by atoms with Crippen LogP contribution in [-0.2, 0) is 4.79 Å². The number of hydrogen-bond donors (Lipinski definition) is 1. The van der Waals surface area contributed by atoms with Crippen LogP contribution in [0.15, 0.2) is 17.7 Å². The van der Waals surface area contributed by atoms with Crippen molar-refractivity contribution >= 4 is 28.3 Å². The average Bonchev–Trinajstić information content (AvgIpc) is 2.99. The van der Waals surface area contributed by atoms with E-state index >= 15 is 0 Å². The molecule has 3 rings (SSSR count). The van der Waals surface area contributed by atoms with Gasteiger partial charge in [-0.15, -0.1) is 11.3 Å². The monoisotopic (exact) mass is 292 g/mol. The fourth-order valence-electron chi connectivity index (χ4n) is 2.51. The minimum atomic E-state index is -0.973. The fraction of sp³-hybridized carbons (Fsp3) is 0.429. The molecule has 1 aliphatic rings. The Morgan fingerprint density at radius 1 is 1.45 bits per heavy atom. The maximum Gasteiger partial charge on any atom is 0.328 e. The third kappa shape index (κ3) is 2.70. The van der Waals surface area contributed by atoms with Crippen LogP contribution in [-0.4, -0.2) is 26.6 Å². The van der Waals surface area contributed by atoms with E-state index in [1.807, 2.05) is 16.0 Å². The maximum atomic E-state index is 10.7. The Morgan fingerprint density at radius 3 is 3.00 bits per heavy atom. The largest absolute Gasteiger partial charge is 0.478 e. The lowest BCUT2D eigenvalue weighted by Crippen LogP contribution is -2.20. The number of aromatic nitrogens is 2. The lowest BCUT2D eigenvalue weighted by atomic mass is 9.98. The van der Waals surface area contributed by atoms with Crippen LogP contribution >= 0.6 is 11.3 Å². The molecule has 2 heterocycles. The molecule has 0 saturated heterocycles. The molecule has 106 valence electrons. The van der Waals surface area contributed by atoms with Crippen molar-refractivity contribution in [3.05, 3.63) is 23.3 Å². The van der Waals surface area contributed by atoms with Gasteiger partial charge in [-0.1, -0.05) is 6.42 Å². The van der Waals surface area contributed by atoms with E-state index in [1.54, 1.807) is 6.08 Å². The van der Waals surface area contributed by atoms with Crippen molar-refractivity contribution < 1.29 is 14.6 Å². The second-order valence-electron chi connectivity index (χ2n) is 4.91. The highest BCUT2D eigenvalue weighted by molar-refractivity contribution is 7.15. The highest BCUT2D eigenvalue weighted by Crippen LogP contribution is 2.28. The molecule has 6 heteroatoms. The summed E-state index contributed by atoms with van der Waals surface area (Å²) >= 11 is 1.51. The number of hydrogen-bond acceptors (Lipinski definition) is 4. The molecule has 20 heavy (non-hydrogen) atoms. The van der Waals surface area contributed by atoms with E-state index in [0.717, 1.165) is 23.9 Å². The molecule has 1 N–H and O–H groups in total. The van der Waals surface area contributed by atoms with Gasteiger partial charge < -0.3 is 9.84 Å². The summed E-state index contributed by atoms with van der Waals surface area (Å²) in [6.07, 6.45) is 10.5. The number of ether oxygens (including phenoxy) is 1. The molecule has 0 aromatic carbocycles. The summed E-state index contributed by atoms with van der Waals surface area (Å²) in [7, 11) is 0. The van der Waals surface area contributed by atoms with Crippen molar-refractivity contribution in [3.63, 3.8) is 0 Å². The predicted molar refractivity (Wildman–Crippen MR) is 77.2 cm³/mol. The number of carboxylic acids is 1. The molecule has 0 aliphatic heterocycles. The smallest absolute Gasteiger partial charge is 0.328 e. The van der Waals surface area contributed by atoms with E-state index in [9.17, 15) is 4.79 Å². The fourth-order valence-corrected chi connectivity index (χ4v) is 3.23. The zero-order valence-electron chi connectivity index (χ0n) is 11.0. The summed E-state index contributed by atoms with van der Waals surface area (Å²) in [5, 5.41) is 10.7. The van der Waals surface area contributed by atoms with Crippen LogP contribution < -0.4 is 4.74 Å². The summed E-state index contributed by atoms with van der Waals surface area (Å²) in [5.41, 5.74) is 0.703. The van der Waals surface area contributed by atoms with Gasteiger partial charge in [0.25, 0.3) is 0 Å². The molecule has 1 aliphatic carbocycles. The standard InChI is InChI=1S/C14H16N2O3S/c17-12(18)7-6-11-13(15-14-16(11)8-9-20-14)19-10-4-2-1-3-5-10/h6-10H,1-5H2,(H,17,18)/b7-6+. The van der Waals surface area contributed by atoms with Gasteiger partial charge >= 0.3 is 5.97 Å². The Hall–Kier alpha value is -1.82. The SMILES string of the molecule is O=C(O)/C=C/c1c(OC2CCCCC2)nc2sccn12. The van der Waals surface area contributed by atoms with Crippen LogP contribution in [0.4, 0.5) is 0 Å². The molecule has 2 aromatic rings. The van der Waals surface area contributed by atoms with E-state index in [2.05, 4.69) is 4.98 Å². The quantitative estimate of drug-likeness (QED) is 0.879. The van der Waals surface area contributed by atoms with Gasteiger partial charge in [0.15, 0.2) is 4.96 Å².